The standard InChI is InChI=1S/C15H23N3OS/c1-10-11(2)20-8-7-18(10)15(19)12-5-6-14(17(3)4)13(16)9-12/h5-6,9-11H,7-8,16H2,1-4H3. The summed E-state index contributed by atoms with van der Waals surface area (Å²) in [7, 11) is 3.89. The van der Waals surface area contributed by atoms with Crippen molar-refractivity contribution < 1.29 is 4.79 Å². The number of nitrogens with zero attached hydrogens (tertiary/aromatic N) is 2. The molecule has 0 saturated carbocycles. The lowest BCUT2D eigenvalue weighted by Crippen LogP contribution is -2.47. The van der Waals surface area contributed by atoms with E-state index in [0.29, 0.717) is 16.5 Å². The van der Waals surface area contributed by atoms with Gasteiger partial charge in [0.2, 0.25) is 0 Å². The molecule has 1 aliphatic rings. The number of anilines is 2. The van der Waals surface area contributed by atoms with Crippen molar-refractivity contribution in [3.8, 4) is 0 Å². The second-order valence-corrected chi connectivity index (χ2v) is 6.97. The maximum atomic E-state index is 12.6. The third kappa shape index (κ3) is 2.87. The third-order valence-electron chi connectivity index (χ3n) is 3.90. The molecule has 1 fully saturated rings. The topological polar surface area (TPSA) is 49.6 Å². The lowest BCUT2D eigenvalue weighted by molar-refractivity contribution is 0.0698. The van der Waals surface area contributed by atoms with E-state index in [4.69, 9.17) is 5.73 Å². The maximum absolute atomic E-state index is 12.6. The molecule has 0 aliphatic carbocycles. The molecule has 4 nitrogen and oxygen atoms in total. The van der Waals surface area contributed by atoms with E-state index < -0.39 is 0 Å². The Bertz CT molecular complexity index is 504. The molecule has 0 aromatic heterocycles. The summed E-state index contributed by atoms with van der Waals surface area (Å²) < 4.78 is 0. The molecule has 0 bridgehead atoms. The zero-order valence-electron chi connectivity index (χ0n) is 12.6. The molecule has 2 rings (SSSR count). The Kier molecular flexibility index (Phi) is 4.48. The average molecular weight is 293 g/mol. The van der Waals surface area contributed by atoms with Gasteiger partial charge in [0.25, 0.3) is 5.91 Å². The summed E-state index contributed by atoms with van der Waals surface area (Å²) in [6.07, 6.45) is 0. The van der Waals surface area contributed by atoms with E-state index in [0.717, 1.165) is 18.0 Å². The van der Waals surface area contributed by atoms with Gasteiger partial charge in [-0.2, -0.15) is 11.8 Å². The number of carbonyl (C=O) groups excluding carboxylic acids is 1. The normalized spacial score (nSPS) is 22.7. The number of nitrogens with two attached hydrogens (primary N) is 1. The predicted octanol–water partition coefficient (Wildman–Crippen LogP) is 2.30. The zero-order valence-corrected chi connectivity index (χ0v) is 13.4. The van der Waals surface area contributed by atoms with Gasteiger partial charge >= 0.3 is 0 Å². The van der Waals surface area contributed by atoms with Crippen molar-refractivity contribution in [2.75, 3.05) is 37.0 Å². The molecule has 1 aliphatic heterocycles. The summed E-state index contributed by atoms with van der Waals surface area (Å²) in [4.78, 5) is 16.6. The van der Waals surface area contributed by atoms with E-state index in [-0.39, 0.29) is 11.9 Å². The van der Waals surface area contributed by atoms with Gasteiger partial charge in [-0.1, -0.05) is 6.92 Å². The quantitative estimate of drug-likeness (QED) is 0.850. The SMILES string of the molecule is CC1SCCN(C(=O)c2ccc(N(C)C)c(N)c2)C1C. The van der Waals surface area contributed by atoms with Gasteiger partial charge in [-0.05, 0) is 25.1 Å². The first kappa shape index (κ1) is 15.0. The monoisotopic (exact) mass is 293 g/mol. The Morgan fingerprint density at radius 2 is 2.10 bits per heavy atom. The number of rotatable bonds is 2. The summed E-state index contributed by atoms with van der Waals surface area (Å²) in [5.74, 6) is 1.09. The van der Waals surface area contributed by atoms with Crippen LogP contribution in [0.1, 0.15) is 24.2 Å². The molecule has 1 aromatic rings. The summed E-state index contributed by atoms with van der Waals surface area (Å²) in [5.41, 5.74) is 8.30. The second-order valence-electron chi connectivity index (χ2n) is 5.48. The third-order valence-corrected chi connectivity index (χ3v) is 5.24. The van der Waals surface area contributed by atoms with Crippen LogP contribution in [0, 0.1) is 0 Å². The molecule has 110 valence electrons. The highest BCUT2D eigenvalue weighted by Gasteiger charge is 2.29. The molecule has 2 N–H and O–H groups in total. The minimum atomic E-state index is 0.0849. The molecule has 20 heavy (non-hydrogen) atoms. The van der Waals surface area contributed by atoms with Crippen LogP contribution in [0.25, 0.3) is 0 Å². The van der Waals surface area contributed by atoms with E-state index in [1.165, 1.54) is 0 Å². The number of nitrogen functional groups attached to an aromatic ring is 1. The number of hydrogen-bond donors (Lipinski definition) is 1. The Morgan fingerprint density at radius 3 is 2.70 bits per heavy atom. The van der Waals surface area contributed by atoms with Crippen molar-refractivity contribution in [2.24, 2.45) is 0 Å². The van der Waals surface area contributed by atoms with Gasteiger partial charge in [-0.15, -0.1) is 0 Å². The van der Waals surface area contributed by atoms with Crippen LogP contribution in [-0.2, 0) is 0 Å². The van der Waals surface area contributed by atoms with E-state index in [9.17, 15) is 4.79 Å². The zero-order chi connectivity index (χ0) is 14.9. The van der Waals surface area contributed by atoms with Crippen molar-refractivity contribution in [3.05, 3.63) is 23.8 Å². The van der Waals surface area contributed by atoms with Crippen LogP contribution >= 0.6 is 11.8 Å². The molecule has 5 heteroatoms. The summed E-state index contributed by atoms with van der Waals surface area (Å²) in [6, 6.07) is 5.83. The Morgan fingerprint density at radius 1 is 1.40 bits per heavy atom. The van der Waals surface area contributed by atoms with Crippen molar-refractivity contribution >= 4 is 29.0 Å². The number of carbonyl (C=O) groups is 1. The van der Waals surface area contributed by atoms with Crippen LogP contribution in [0.4, 0.5) is 11.4 Å². The predicted molar refractivity (Wildman–Crippen MR) is 87.6 cm³/mol. The van der Waals surface area contributed by atoms with Crippen LogP contribution in [0.5, 0.6) is 0 Å². The number of benzene rings is 1. The lowest BCUT2D eigenvalue weighted by Gasteiger charge is -2.37. The minimum absolute atomic E-state index is 0.0849. The average Bonchev–Trinajstić information content (AvgIpc) is 2.40. The van der Waals surface area contributed by atoms with E-state index in [2.05, 4.69) is 13.8 Å². The molecule has 1 amide bonds. The second kappa shape index (κ2) is 5.95. The summed E-state index contributed by atoms with van der Waals surface area (Å²) >= 11 is 1.93. The summed E-state index contributed by atoms with van der Waals surface area (Å²) in [5, 5.41) is 0.478. The Balaban J connectivity index is 2.23. The first-order valence-electron chi connectivity index (χ1n) is 6.91. The summed E-state index contributed by atoms with van der Waals surface area (Å²) in [6.45, 7) is 5.11. The van der Waals surface area contributed by atoms with Crippen LogP contribution < -0.4 is 10.6 Å². The first-order chi connectivity index (χ1) is 9.41. The van der Waals surface area contributed by atoms with Crippen LogP contribution in [0.15, 0.2) is 18.2 Å². The van der Waals surface area contributed by atoms with Crippen LogP contribution in [0.2, 0.25) is 0 Å². The molecule has 0 spiro atoms. The highest BCUT2D eigenvalue weighted by Crippen LogP contribution is 2.27. The first-order valence-corrected chi connectivity index (χ1v) is 7.96. The minimum Gasteiger partial charge on any atom is -0.397 e. The van der Waals surface area contributed by atoms with Gasteiger partial charge in [-0.3, -0.25) is 4.79 Å². The Hall–Kier alpha value is -1.36. The van der Waals surface area contributed by atoms with Gasteiger partial charge in [0.05, 0.1) is 11.4 Å². The highest BCUT2D eigenvalue weighted by molar-refractivity contribution is 8.00. The smallest absolute Gasteiger partial charge is 0.254 e. The molecular formula is C15H23N3OS. The Labute approximate surface area is 125 Å². The van der Waals surface area contributed by atoms with Crippen LogP contribution in [-0.4, -0.2) is 48.5 Å². The fourth-order valence-electron chi connectivity index (χ4n) is 2.48. The van der Waals surface area contributed by atoms with E-state index in [1.54, 1.807) is 6.07 Å². The van der Waals surface area contributed by atoms with Gasteiger partial charge in [0, 0.05) is 43.2 Å². The van der Waals surface area contributed by atoms with Crippen molar-refractivity contribution in [1.82, 2.24) is 4.90 Å². The molecular weight excluding hydrogens is 270 g/mol. The molecule has 2 atom stereocenters. The number of amides is 1. The van der Waals surface area contributed by atoms with Gasteiger partial charge in [-0.25, -0.2) is 0 Å². The van der Waals surface area contributed by atoms with Gasteiger partial charge in [0.15, 0.2) is 0 Å². The largest absolute Gasteiger partial charge is 0.397 e. The maximum Gasteiger partial charge on any atom is 0.254 e. The highest BCUT2D eigenvalue weighted by atomic mass is 32.2. The molecule has 2 unspecified atom stereocenters. The number of hydrogen-bond acceptors (Lipinski definition) is 4. The molecule has 0 radical (unpaired) electrons. The van der Waals surface area contributed by atoms with Gasteiger partial charge in [0.1, 0.15) is 0 Å². The molecule has 1 heterocycles. The lowest BCUT2D eigenvalue weighted by atomic mass is 10.1. The van der Waals surface area contributed by atoms with E-state index >= 15 is 0 Å². The van der Waals surface area contributed by atoms with Crippen molar-refractivity contribution in [2.45, 2.75) is 25.1 Å². The number of thioether (sulfide) groups is 1. The van der Waals surface area contributed by atoms with Crippen LogP contribution in [0.3, 0.4) is 0 Å². The molecule has 1 saturated heterocycles. The van der Waals surface area contributed by atoms with Gasteiger partial charge < -0.3 is 15.5 Å². The molecule has 1 aromatic carbocycles. The van der Waals surface area contributed by atoms with Crippen molar-refractivity contribution in [3.63, 3.8) is 0 Å². The fourth-order valence-corrected chi connectivity index (χ4v) is 3.58. The van der Waals surface area contributed by atoms with E-state index in [1.807, 2.05) is 47.8 Å². The van der Waals surface area contributed by atoms with Crippen molar-refractivity contribution in [1.29, 1.82) is 0 Å². The fraction of sp³-hybridized carbons (Fsp3) is 0.533.